The number of thioether (sulfide) groups is 1. The van der Waals surface area contributed by atoms with Crippen molar-refractivity contribution >= 4 is 47.4 Å². The average Bonchev–Trinajstić information content (AvgIpc) is 2.94. The Hall–Kier alpha value is -4.05. The number of benzene rings is 1. The van der Waals surface area contributed by atoms with E-state index in [0.29, 0.717) is 18.6 Å². The van der Waals surface area contributed by atoms with Crippen LogP contribution in [0.15, 0.2) is 40.3 Å². The molecular formula is C26H44N10O5S. The average molecular weight is 609 g/mol. The summed E-state index contributed by atoms with van der Waals surface area (Å²) in [7, 11) is 0. The standard InChI is InChI=1S/C26H44N10O5S/c1-42-14-11-19(24(40)41)35-23(39)20(15-16-7-3-2-4-8-16)36-22(38)18(10-6-13-33-26(30)31)34-21(37)17(27)9-5-12-32-25(28)29/h2-4,7-8,17-20H,5-6,9-15,27H2,1H3,(H,34,37)(H,35,39)(H,36,38)(H,40,41)(H4,28,29,32)(H4,30,31,33). The van der Waals surface area contributed by atoms with Gasteiger partial charge in [0, 0.05) is 19.5 Å². The van der Waals surface area contributed by atoms with Crippen molar-refractivity contribution in [3.8, 4) is 0 Å². The number of amides is 3. The third-order valence-electron chi connectivity index (χ3n) is 6.02. The molecule has 3 amide bonds. The van der Waals surface area contributed by atoms with E-state index in [1.54, 1.807) is 24.3 Å². The van der Waals surface area contributed by atoms with Crippen molar-refractivity contribution in [2.75, 3.05) is 25.1 Å². The highest BCUT2D eigenvalue weighted by molar-refractivity contribution is 7.98. The van der Waals surface area contributed by atoms with Crippen molar-refractivity contribution in [3.63, 3.8) is 0 Å². The van der Waals surface area contributed by atoms with Gasteiger partial charge in [-0.15, -0.1) is 0 Å². The maximum Gasteiger partial charge on any atom is 0.326 e. The lowest BCUT2D eigenvalue weighted by Gasteiger charge is -2.25. The molecule has 0 aliphatic heterocycles. The number of aliphatic carboxylic acids is 1. The van der Waals surface area contributed by atoms with Crippen LogP contribution in [0, 0.1) is 0 Å². The molecule has 0 saturated carbocycles. The van der Waals surface area contributed by atoms with Crippen molar-refractivity contribution in [1.82, 2.24) is 16.0 Å². The molecule has 0 aliphatic rings. The molecule has 0 fully saturated rings. The molecular weight excluding hydrogens is 564 g/mol. The summed E-state index contributed by atoms with van der Waals surface area (Å²) < 4.78 is 0. The van der Waals surface area contributed by atoms with E-state index in [2.05, 4.69) is 25.9 Å². The zero-order valence-electron chi connectivity index (χ0n) is 23.8. The van der Waals surface area contributed by atoms with Gasteiger partial charge in [0.15, 0.2) is 11.9 Å². The molecule has 42 heavy (non-hydrogen) atoms. The van der Waals surface area contributed by atoms with Crippen molar-refractivity contribution < 1.29 is 24.3 Å². The fraction of sp³-hybridized carbons (Fsp3) is 0.538. The smallest absolute Gasteiger partial charge is 0.326 e. The van der Waals surface area contributed by atoms with Crippen LogP contribution in [-0.2, 0) is 25.6 Å². The summed E-state index contributed by atoms with van der Waals surface area (Å²) in [5, 5.41) is 17.5. The van der Waals surface area contributed by atoms with Crippen LogP contribution in [0.25, 0.3) is 0 Å². The molecule has 16 heteroatoms. The Balaban J connectivity index is 3.10. The number of nitrogens with one attached hydrogen (secondary N) is 3. The number of hydrogen-bond donors (Lipinski definition) is 9. The Morgan fingerprint density at radius 1 is 0.786 bits per heavy atom. The molecule has 14 N–H and O–H groups in total. The van der Waals surface area contributed by atoms with Crippen LogP contribution in [0.5, 0.6) is 0 Å². The van der Waals surface area contributed by atoms with Crippen LogP contribution in [-0.4, -0.2) is 90.0 Å². The Kier molecular flexibility index (Phi) is 17.1. The number of guanidine groups is 2. The molecule has 15 nitrogen and oxygen atoms in total. The van der Waals surface area contributed by atoms with Gasteiger partial charge in [0.25, 0.3) is 0 Å². The summed E-state index contributed by atoms with van der Waals surface area (Å²) in [5.41, 5.74) is 28.1. The lowest BCUT2D eigenvalue weighted by molar-refractivity contribution is -0.142. The van der Waals surface area contributed by atoms with E-state index in [4.69, 9.17) is 28.7 Å². The minimum Gasteiger partial charge on any atom is -0.480 e. The Bertz CT molecular complexity index is 1060. The van der Waals surface area contributed by atoms with E-state index >= 15 is 0 Å². The van der Waals surface area contributed by atoms with Crippen molar-refractivity contribution in [3.05, 3.63) is 35.9 Å². The predicted octanol–water partition coefficient (Wildman–Crippen LogP) is -2.04. The summed E-state index contributed by atoms with van der Waals surface area (Å²) in [6, 6.07) is 4.67. The fourth-order valence-electron chi connectivity index (χ4n) is 3.80. The van der Waals surface area contributed by atoms with Gasteiger partial charge in [-0.1, -0.05) is 30.3 Å². The summed E-state index contributed by atoms with van der Waals surface area (Å²) in [5.74, 6) is -2.73. The molecule has 0 saturated heterocycles. The van der Waals surface area contributed by atoms with Gasteiger partial charge in [-0.05, 0) is 49.7 Å². The molecule has 1 rings (SSSR count). The first-order chi connectivity index (χ1) is 19.9. The highest BCUT2D eigenvalue weighted by Gasteiger charge is 2.30. The number of carbonyl (C=O) groups excluding carboxylic acids is 3. The first kappa shape index (κ1) is 36.0. The van der Waals surface area contributed by atoms with E-state index < -0.39 is 47.9 Å². The quantitative estimate of drug-likeness (QED) is 0.0441. The van der Waals surface area contributed by atoms with Gasteiger partial charge in [0.05, 0.1) is 6.04 Å². The van der Waals surface area contributed by atoms with E-state index in [0.717, 1.165) is 5.56 Å². The van der Waals surface area contributed by atoms with Crippen LogP contribution >= 0.6 is 11.8 Å². The number of nitrogens with zero attached hydrogens (tertiary/aromatic N) is 2. The van der Waals surface area contributed by atoms with Crippen LogP contribution in [0.3, 0.4) is 0 Å². The summed E-state index contributed by atoms with van der Waals surface area (Å²) >= 11 is 1.45. The van der Waals surface area contributed by atoms with Crippen molar-refractivity contribution in [2.45, 2.75) is 62.7 Å². The highest BCUT2D eigenvalue weighted by atomic mass is 32.2. The molecule has 4 unspecified atom stereocenters. The van der Waals surface area contributed by atoms with Crippen LogP contribution in [0.2, 0.25) is 0 Å². The summed E-state index contributed by atoms with van der Waals surface area (Å²) in [6.07, 6.45) is 3.30. The first-order valence-corrected chi connectivity index (χ1v) is 14.9. The number of rotatable bonds is 20. The predicted molar refractivity (Wildman–Crippen MR) is 164 cm³/mol. The van der Waals surface area contributed by atoms with E-state index in [-0.39, 0.29) is 50.7 Å². The topological polar surface area (TPSA) is 279 Å². The number of hydrogen-bond acceptors (Lipinski definition) is 8. The fourth-order valence-corrected chi connectivity index (χ4v) is 4.27. The molecule has 0 bridgehead atoms. The zero-order chi connectivity index (χ0) is 31.5. The van der Waals surface area contributed by atoms with Crippen molar-refractivity contribution in [1.29, 1.82) is 0 Å². The Labute approximate surface area is 249 Å². The highest BCUT2D eigenvalue weighted by Crippen LogP contribution is 2.08. The molecule has 4 atom stereocenters. The van der Waals surface area contributed by atoms with Crippen LogP contribution < -0.4 is 44.6 Å². The maximum absolute atomic E-state index is 13.5. The van der Waals surface area contributed by atoms with Gasteiger partial charge >= 0.3 is 5.97 Å². The largest absolute Gasteiger partial charge is 0.480 e. The van der Waals surface area contributed by atoms with Gasteiger partial charge in [-0.2, -0.15) is 11.8 Å². The lowest BCUT2D eigenvalue weighted by Crippen LogP contribution is -2.57. The second-order valence-corrected chi connectivity index (χ2v) is 10.5. The second kappa shape index (κ2) is 19.9. The number of carboxylic acid groups (broad SMARTS) is 1. The van der Waals surface area contributed by atoms with E-state index in [1.165, 1.54) is 11.8 Å². The molecule has 1 aromatic rings. The van der Waals surface area contributed by atoms with Gasteiger partial charge in [-0.25, -0.2) is 4.79 Å². The molecule has 0 heterocycles. The lowest BCUT2D eigenvalue weighted by atomic mass is 10.0. The SMILES string of the molecule is CSCCC(NC(=O)C(Cc1ccccc1)NC(=O)C(CCCN=C(N)N)NC(=O)C(N)CCCN=C(N)N)C(=O)O. The summed E-state index contributed by atoms with van der Waals surface area (Å²) in [6.45, 7) is 0.493. The molecule has 0 aliphatic carbocycles. The third-order valence-corrected chi connectivity index (χ3v) is 6.67. The maximum atomic E-state index is 13.5. The van der Waals surface area contributed by atoms with Gasteiger partial charge < -0.3 is 49.7 Å². The monoisotopic (exact) mass is 608 g/mol. The zero-order valence-corrected chi connectivity index (χ0v) is 24.6. The minimum absolute atomic E-state index is 0.0708. The molecule has 0 spiro atoms. The van der Waals surface area contributed by atoms with Crippen molar-refractivity contribution in [2.24, 2.45) is 38.7 Å². The Morgan fingerprint density at radius 3 is 1.86 bits per heavy atom. The second-order valence-electron chi connectivity index (χ2n) is 9.50. The number of aliphatic imine (C=N–C) groups is 2. The normalized spacial score (nSPS) is 13.5. The first-order valence-electron chi connectivity index (χ1n) is 13.5. The minimum atomic E-state index is -1.18. The molecule has 234 valence electrons. The number of carboxylic acids is 1. The van der Waals surface area contributed by atoms with E-state index in [1.807, 2.05) is 12.3 Å². The Morgan fingerprint density at radius 2 is 1.31 bits per heavy atom. The number of nitrogens with two attached hydrogens (primary N) is 5. The molecule has 1 aromatic carbocycles. The van der Waals surface area contributed by atoms with Crippen LogP contribution in [0.1, 0.15) is 37.7 Å². The van der Waals surface area contributed by atoms with E-state index in [9.17, 15) is 24.3 Å². The van der Waals surface area contributed by atoms with Gasteiger partial charge in [0.2, 0.25) is 17.7 Å². The number of carbonyl (C=O) groups is 4. The molecule has 0 radical (unpaired) electrons. The van der Waals surface area contributed by atoms with Gasteiger partial charge in [-0.3, -0.25) is 24.4 Å². The van der Waals surface area contributed by atoms with Gasteiger partial charge in [0.1, 0.15) is 18.1 Å². The molecule has 0 aromatic heterocycles. The summed E-state index contributed by atoms with van der Waals surface area (Å²) in [4.78, 5) is 59.1. The third kappa shape index (κ3) is 15.1. The van der Waals surface area contributed by atoms with Crippen LogP contribution in [0.4, 0.5) is 0 Å².